The lowest BCUT2D eigenvalue weighted by Crippen LogP contribution is -2.33. The molecule has 0 amide bonds. The van der Waals surface area contributed by atoms with E-state index < -0.39 is 31.1 Å². The van der Waals surface area contributed by atoms with Crippen molar-refractivity contribution >= 4 is 28.9 Å². The Kier molecular flexibility index (Phi) is 7.59. The number of nitrogens with zero attached hydrogens (tertiary/aromatic N) is 4. The first kappa shape index (κ1) is 22.9. The Balaban J connectivity index is 1.68. The van der Waals surface area contributed by atoms with Crippen molar-refractivity contribution < 1.29 is 20.1 Å². The van der Waals surface area contributed by atoms with Gasteiger partial charge in [0.05, 0.1) is 6.61 Å². The number of thioether (sulfide) groups is 1. The number of nitrogens with one attached hydrogen (secondary N) is 1. The highest BCUT2D eigenvalue weighted by atomic mass is 32.2. The molecule has 10 heteroatoms. The number of aromatic nitrogens is 4. The van der Waals surface area contributed by atoms with Gasteiger partial charge in [-0.2, -0.15) is 0 Å². The lowest BCUT2D eigenvalue weighted by molar-refractivity contribution is -0.0501. The molecule has 9 nitrogen and oxygen atoms in total. The first-order valence-corrected chi connectivity index (χ1v) is 11.9. The molecule has 0 aliphatic carbocycles. The molecule has 1 aliphatic heterocycles. The fraction of sp³-hybridized carbons (Fsp3) is 0.500. The van der Waals surface area contributed by atoms with E-state index in [0.717, 1.165) is 30.0 Å². The summed E-state index contributed by atoms with van der Waals surface area (Å²) in [7, 11) is 0. The van der Waals surface area contributed by atoms with Gasteiger partial charge in [0.15, 0.2) is 11.9 Å². The molecule has 3 aromatic rings. The summed E-state index contributed by atoms with van der Waals surface area (Å²) in [4.78, 5) is 13.6. The van der Waals surface area contributed by atoms with Gasteiger partial charge in [-0.15, -0.1) is 0 Å². The van der Waals surface area contributed by atoms with Crippen LogP contribution >= 0.6 is 11.8 Å². The van der Waals surface area contributed by atoms with Gasteiger partial charge in [0.25, 0.3) is 0 Å². The topological polar surface area (TPSA) is 126 Å². The predicted octanol–water partition coefficient (Wildman–Crippen LogP) is 2.33. The molecule has 0 spiro atoms. The summed E-state index contributed by atoms with van der Waals surface area (Å²) in [6, 6.07) is 10.1. The summed E-state index contributed by atoms with van der Waals surface area (Å²) in [5.74, 6) is 1.22. The van der Waals surface area contributed by atoms with Gasteiger partial charge in [0.2, 0.25) is 5.95 Å². The van der Waals surface area contributed by atoms with Crippen LogP contribution in [0, 0.1) is 0 Å². The number of aliphatic hydroxyl groups excluding tert-OH is 3. The molecule has 32 heavy (non-hydrogen) atoms. The second kappa shape index (κ2) is 10.6. The molecule has 0 radical (unpaired) electrons. The van der Waals surface area contributed by atoms with Crippen LogP contribution in [0.2, 0.25) is 0 Å². The van der Waals surface area contributed by atoms with Crippen molar-refractivity contribution in [1.82, 2.24) is 19.5 Å². The zero-order valence-corrected chi connectivity index (χ0v) is 18.8. The van der Waals surface area contributed by atoms with E-state index in [4.69, 9.17) is 9.72 Å². The summed E-state index contributed by atoms with van der Waals surface area (Å²) in [5.41, 5.74) is 2.28. The summed E-state index contributed by atoms with van der Waals surface area (Å²) in [5, 5.41) is 34.5. The number of aliphatic hydroxyl groups is 3. The fourth-order valence-electron chi connectivity index (χ4n) is 3.75. The van der Waals surface area contributed by atoms with E-state index in [2.05, 4.69) is 34.3 Å². The molecule has 4 N–H and O–H groups in total. The van der Waals surface area contributed by atoms with Crippen LogP contribution in [-0.4, -0.2) is 66.3 Å². The van der Waals surface area contributed by atoms with Crippen molar-refractivity contribution in [2.45, 2.75) is 61.5 Å². The summed E-state index contributed by atoms with van der Waals surface area (Å²) >= 11 is 1.56. The highest BCUT2D eigenvalue weighted by Gasteiger charge is 2.45. The van der Waals surface area contributed by atoms with Crippen LogP contribution in [0.5, 0.6) is 0 Å². The van der Waals surface area contributed by atoms with Crippen LogP contribution in [0.3, 0.4) is 0 Å². The quantitative estimate of drug-likeness (QED) is 0.205. The number of rotatable bonds is 10. The van der Waals surface area contributed by atoms with E-state index in [0.29, 0.717) is 23.7 Å². The third-order valence-electron chi connectivity index (χ3n) is 5.50. The van der Waals surface area contributed by atoms with Crippen LogP contribution in [0.15, 0.2) is 41.7 Å². The van der Waals surface area contributed by atoms with Gasteiger partial charge in [-0.3, -0.25) is 4.57 Å². The molecule has 4 atom stereocenters. The van der Waals surface area contributed by atoms with Crippen molar-refractivity contribution in [3.63, 3.8) is 0 Å². The van der Waals surface area contributed by atoms with Crippen molar-refractivity contribution in [3.05, 3.63) is 42.2 Å². The molecule has 1 aliphatic rings. The lowest BCUT2D eigenvalue weighted by Gasteiger charge is -2.19. The van der Waals surface area contributed by atoms with Crippen molar-refractivity contribution in [1.29, 1.82) is 0 Å². The van der Waals surface area contributed by atoms with E-state index >= 15 is 0 Å². The normalized spacial score (nSPS) is 23.1. The van der Waals surface area contributed by atoms with Crippen molar-refractivity contribution in [2.24, 2.45) is 0 Å². The second-order valence-corrected chi connectivity index (χ2v) is 8.76. The first-order chi connectivity index (χ1) is 15.6. The molecule has 172 valence electrons. The standard InChI is InChI=1S/C22H29N5O4S/c1-2-3-7-10-23-22-26-16-19(27(22)21-18(30)17(29)15(11-28)31-21)24-13-25-20(16)32-12-14-8-5-4-6-9-14/h4-6,8-9,13,15,17-18,21,28-30H,2-3,7,10-12H2,1H3,(H,23,26). The minimum absolute atomic E-state index is 0.395. The van der Waals surface area contributed by atoms with E-state index in [-0.39, 0.29) is 0 Å². The van der Waals surface area contributed by atoms with Crippen LogP contribution in [-0.2, 0) is 10.5 Å². The number of ether oxygens (including phenoxy) is 1. The molecule has 1 saturated heterocycles. The lowest BCUT2D eigenvalue weighted by atomic mass is 10.1. The van der Waals surface area contributed by atoms with E-state index in [1.54, 1.807) is 16.3 Å². The molecular formula is C22H29N5O4S. The Morgan fingerprint density at radius 1 is 1.12 bits per heavy atom. The number of anilines is 1. The van der Waals surface area contributed by atoms with Gasteiger partial charge >= 0.3 is 0 Å². The predicted molar refractivity (Wildman–Crippen MR) is 122 cm³/mol. The van der Waals surface area contributed by atoms with Crippen LogP contribution in [0.4, 0.5) is 5.95 Å². The average molecular weight is 460 g/mol. The van der Waals surface area contributed by atoms with Crippen LogP contribution in [0.25, 0.3) is 11.2 Å². The van der Waals surface area contributed by atoms with Gasteiger partial charge in [-0.25, -0.2) is 15.0 Å². The molecule has 4 unspecified atom stereocenters. The van der Waals surface area contributed by atoms with Crippen molar-refractivity contribution in [2.75, 3.05) is 18.5 Å². The molecule has 1 fully saturated rings. The molecule has 0 bridgehead atoms. The van der Waals surface area contributed by atoms with Crippen LogP contribution < -0.4 is 5.32 Å². The number of imidazole rings is 1. The largest absolute Gasteiger partial charge is 0.394 e. The van der Waals surface area contributed by atoms with Gasteiger partial charge in [-0.1, -0.05) is 61.9 Å². The highest BCUT2D eigenvalue weighted by molar-refractivity contribution is 7.98. The Morgan fingerprint density at radius 2 is 1.94 bits per heavy atom. The molecule has 0 saturated carbocycles. The Bertz CT molecular complexity index is 1020. The number of hydrogen-bond acceptors (Lipinski definition) is 9. The fourth-order valence-corrected chi connectivity index (χ4v) is 4.65. The Morgan fingerprint density at radius 3 is 2.66 bits per heavy atom. The number of fused-ring (bicyclic) bond motifs is 1. The zero-order chi connectivity index (χ0) is 22.5. The highest BCUT2D eigenvalue weighted by Crippen LogP contribution is 2.36. The van der Waals surface area contributed by atoms with E-state index in [1.165, 1.54) is 11.9 Å². The molecular weight excluding hydrogens is 430 g/mol. The molecule has 4 rings (SSSR count). The molecule has 3 heterocycles. The third kappa shape index (κ3) is 4.74. The minimum Gasteiger partial charge on any atom is -0.394 e. The maximum atomic E-state index is 10.6. The SMILES string of the molecule is CCCCCNc1nc2c(SCc3ccccc3)ncnc2n1C1OC(CO)C(O)C1O. The van der Waals surface area contributed by atoms with Gasteiger partial charge in [-0.05, 0) is 12.0 Å². The Labute approximate surface area is 190 Å². The average Bonchev–Trinajstić information content (AvgIpc) is 3.33. The number of unbranched alkanes of at least 4 members (excludes halogenated alkanes) is 2. The number of benzene rings is 1. The van der Waals surface area contributed by atoms with Gasteiger partial charge in [0, 0.05) is 12.3 Å². The van der Waals surface area contributed by atoms with Crippen LogP contribution in [0.1, 0.15) is 38.0 Å². The van der Waals surface area contributed by atoms with Gasteiger partial charge < -0.3 is 25.4 Å². The van der Waals surface area contributed by atoms with E-state index in [9.17, 15) is 15.3 Å². The maximum absolute atomic E-state index is 10.6. The summed E-state index contributed by atoms with van der Waals surface area (Å²) in [6.07, 6.45) is 0.377. The molecule has 1 aromatic carbocycles. The van der Waals surface area contributed by atoms with Gasteiger partial charge in [0.1, 0.15) is 35.2 Å². The third-order valence-corrected chi connectivity index (χ3v) is 6.55. The summed E-state index contributed by atoms with van der Waals surface area (Å²) in [6.45, 7) is 2.44. The monoisotopic (exact) mass is 459 g/mol. The summed E-state index contributed by atoms with van der Waals surface area (Å²) < 4.78 is 7.46. The van der Waals surface area contributed by atoms with Crippen molar-refractivity contribution in [3.8, 4) is 0 Å². The molecule has 2 aromatic heterocycles. The smallest absolute Gasteiger partial charge is 0.207 e. The second-order valence-electron chi connectivity index (χ2n) is 7.79. The first-order valence-electron chi connectivity index (χ1n) is 10.9. The Hall–Kier alpha value is -2.24. The zero-order valence-electron chi connectivity index (χ0n) is 18.0. The van der Waals surface area contributed by atoms with E-state index in [1.807, 2.05) is 18.2 Å². The maximum Gasteiger partial charge on any atom is 0.207 e. The minimum atomic E-state index is -1.23. The number of hydrogen-bond donors (Lipinski definition) is 4.